The van der Waals surface area contributed by atoms with E-state index >= 15 is 0 Å². The van der Waals surface area contributed by atoms with Crippen molar-refractivity contribution < 1.29 is 14.3 Å². The summed E-state index contributed by atoms with van der Waals surface area (Å²) in [5.74, 6) is 0.530. The number of ether oxygens (including phenoxy) is 2. The summed E-state index contributed by atoms with van der Waals surface area (Å²) in [5.41, 5.74) is 2.17. The molecule has 5 heteroatoms. The lowest BCUT2D eigenvalue weighted by molar-refractivity contribution is -0.0295. The van der Waals surface area contributed by atoms with Crippen molar-refractivity contribution in [3.05, 3.63) is 24.0 Å². The number of hydrogen-bond acceptors (Lipinski definition) is 4. The predicted octanol–water partition coefficient (Wildman–Crippen LogP) is 2.56. The van der Waals surface area contributed by atoms with E-state index in [0.717, 1.165) is 37.7 Å². The average Bonchev–Trinajstić information content (AvgIpc) is 2.91. The topological polar surface area (TPSA) is 53.3 Å². The number of benzene rings is 1. The van der Waals surface area contributed by atoms with Gasteiger partial charge in [-0.3, -0.25) is 4.79 Å². The Labute approximate surface area is 111 Å². The molecular weight excluding hydrogens is 244 g/mol. The molecule has 1 aliphatic rings. The number of nitrogens with zero attached hydrogens (tertiary/aromatic N) is 2. The lowest BCUT2D eigenvalue weighted by atomic mass is 10.1. The molecule has 0 saturated carbocycles. The van der Waals surface area contributed by atoms with Gasteiger partial charge >= 0.3 is 0 Å². The summed E-state index contributed by atoms with van der Waals surface area (Å²) in [6.07, 6.45) is 5.84. The molecular formula is C14H16N2O3. The van der Waals surface area contributed by atoms with Gasteiger partial charge in [0.05, 0.1) is 24.5 Å². The van der Waals surface area contributed by atoms with Crippen LogP contribution < -0.4 is 4.74 Å². The van der Waals surface area contributed by atoms with E-state index in [9.17, 15) is 4.79 Å². The van der Waals surface area contributed by atoms with Gasteiger partial charge in [-0.25, -0.2) is 4.98 Å². The van der Waals surface area contributed by atoms with Gasteiger partial charge in [0.2, 0.25) is 0 Å². The second-order valence-corrected chi connectivity index (χ2v) is 4.65. The molecule has 1 unspecified atom stereocenters. The summed E-state index contributed by atoms with van der Waals surface area (Å²) in [6.45, 7) is 0.786. The molecule has 0 N–H and O–H groups in total. The Balaban J connectivity index is 2.10. The zero-order valence-electron chi connectivity index (χ0n) is 10.8. The Hall–Kier alpha value is -1.88. The van der Waals surface area contributed by atoms with E-state index in [4.69, 9.17) is 9.47 Å². The van der Waals surface area contributed by atoms with E-state index in [1.54, 1.807) is 19.5 Å². The molecule has 100 valence electrons. The smallest absolute Gasteiger partial charge is 0.157 e. The second-order valence-electron chi connectivity index (χ2n) is 4.65. The Bertz CT molecular complexity index is 600. The van der Waals surface area contributed by atoms with Crippen LogP contribution in [0.2, 0.25) is 0 Å². The van der Waals surface area contributed by atoms with Crippen LogP contribution in [0, 0.1) is 0 Å². The zero-order valence-corrected chi connectivity index (χ0v) is 10.8. The van der Waals surface area contributed by atoms with Gasteiger partial charge in [0.15, 0.2) is 12.0 Å². The van der Waals surface area contributed by atoms with E-state index in [0.29, 0.717) is 16.8 Å². The van der Waals surface area contributed by atoms with Crippen molar-refractivity contribution in [2.24, 2.45) is 0 Å². The maximum Gasteiger partial charge on any atom is 0.157 e. The number of fused-ring (bicyclic) bond motifs is 1. The third kappa shape index (κ3) is 2.00. The van der Waals surface area contributed by atoms with Crippen LogP contribution in [0.1, 0.15) is 35.8 Å². The highest BCUT2D eigenvalue weighted by Crippen LogP contribution is 2.31. The Morgan fingerprint density at radius 1 is 1.47 bits per heavy atom. The van der Waals surface area contributed by atoms with Crippen LogP contribution in [-0.4, -0.2) is 29.6 Å². The number of hydrogen-bond donors (Lipinski definition) is 0. The first-order valence-corrected chi connectivity index (χ1v) is 6.45. The molecule has 2 heterocycles. The van der Waals surface area contributed by atoms with Crippen LogP contribution in [0.3, 0.4) is 0 Å². The van der Waals surface area contributed by atoms with E-state index in [1.165, 1.54) is 0 Å². The minimum absolute atomic E-state index is 0.0329. The largest absolute Gasteiger partial charge is 0.494 e. The van der Waals surface area contributed by atoms with E-state index < -0.39 is 0 Å². The molecule has 5 nitrogen and oxygen atoms in total. The predicted molar refractivity (Wildman–Crippen MR) is 70.5 cm³/mol. The number of aldehydes is 1. The molecule has 0 radical (unpaired) electrons. The molecule has 1 aliphatic heterocycles. The highest BCUT2D eigenvalue weighted by atomic mass is 16.5. The number of carbonyl (C=O) groups is 1. The number of aromatic nitrogens is 2. The zero-order chi connectivity index (χ0) is 13.2. The van der Waals surface area contributed by atoms with Crippen molar-refractivity contribution in [3.8, 4) is 5.75 Å². The number of methoxy groups -OCH3 is 1. The van der Waals surface area contributed by atoms with Gasteiger partial charge in [0, 0.05) is 6.61 Å². The van der Waals surface area contributed by atoms with Crippen molar-refractivity contribution in [2.45, 2.75) is 25.5 Å². The van der Waals surface area contributed by atoms with Crippen molar-refractivity contribution in [2.75, 3.05) is 13.7 Å². The van der Waals surface area contributed by atoms with E-state index in [-0.39, 0.29) is 6.23 Å². The highest BCUT2D eigenvalue weighted by molar-refractivity contribution is 5.92. The minimum atomic E-state index is 0.0329. The van der Waals surface area contributed by atoms with Crippen molar-refractivity contribution >= 4 is 17.3 Å². The molecule has 1 aromatic heterocycles. The van der Waals surface area contributed by atoms with Gasteiger partial charge in [0.25, 0.3) is 0 Å². The molecule has 0 amide bonds. The first kappa shape index (κ1) is 12.2. The van der Waals surface area contributed by atoms with Crippen LogP contribution in [-0.2, 0) is 4.74 Å². The van der Waals surface area contributed by atoms with Crippen molar-refractivity contribution in [1.82, 2.24) is 9.55 Å². The molecule has 1 aromatic carbocycles. The van der Waals surface area contributed by atoms with Crippen molar-refractivity contribution in [3.63, 3.8) is 0 Å². The fourth-order valence-electron chi connectivity index (χ4n) is 2.57. The first-order chi connectivity index (χ1) is 9.35. The Morgan fingerprint density at radius 2 is 2.37 bits per heavy atom. The number of rotatable bonds is 3. The maximum atomic E-state index is 11.0. The van der Waals surface area contributed by atoms with E-state index in [2.05, 4.69) is 4.98 Å². The molecule has 3 rings (SSSR count). The molecule has 1 fully saturated rings. The molecule has 1 atom stereocenters. The summed E-state index contributed by atoms with van der Waals surface area (Å²) in [6, 6.07) is 3.65. The number of carbonyl (C=O) groups excluding carboxylic acids is 1. The van der Waals surface area contributed by atoms with Gasteiger partial charge in [-0.2, -0.15) is 0 Å². The van der Waals surface area contributed by atoms with Gasteiger partial charge < -0.3 is 14.0 Å². The monoisotopic (exact) mass is 260 g/mol. The number of imidazole rings is 1. The summed E-state index contributed by atoms with van der Waals surface area (Å²) in [5, 5.41) is 0. The quantitative estimate of drug-likeness (QED) is 0.796. The van der Waals surface area contributed by atoms with Gasteiger partial charge in [-0.1, -0.05) is 0 Å². The molecule has 0 spiro atoms. The molecule has 0 aliphatic carbocycles. The molecule has 0 bridgehead atoms. The van der Waals surface area contributed by atoms with E-state index in [1.807, 2.05) is 10.6 Å². The van der Waals surface area contributed by atoms with Gasteiger partial charge in [-0.15, -0.1) is 0 Å². The Kier molecular flexibility index (Phi) is 3.21. The van der Waals surface area contributed by atoms with Crippen LogP contribution >= 0.6 is 0 Å². The second kappa shape index (κ2) is 5.01. The molecule has 19 heavy (non-hydrogen) atoms. The maximum absolute atomic E-state index is 11.0. The first-order valence-electron chi connectivity index (χ1n) is 6.45. The molecule has 2 aromatic rings. The fraction of sp³-hybridized carbons (Fsp3) is 0.429. The van der Waals surface area contributed by atoms with Crippen molar-refractivity contribution in [1.29, 1.82) is 0 Å². The van der Waals surface area contributed by atoms with Gasteiger partial charge in [-0.05, 0) is 31.4 Å². The third-order valence-electron chi connectivity index (χ3n) is 3.53. The van der Waals surface area contributed by atoms with Crippen LogP contribution in [0.15, 0.2) is 18.5 Å². The van der Waals surface area contributed by atoms with Crippen LogP contribution in [0.4, 0.5) is 0 Å². The third-order valence-corrected chi connectivity index (χ3v) is 3.53. The summed E-state index contributed by atoms with van der Waals surface area (Å²) in [7, 11) is 1.55. The van der Waals surface area contributed by atoms with Crippen LogP contribution in [0.25, 0.3) is 11.0 Å². The summed E-state index contributed by atoms with van der Waals surface area (Å²) in [4.78, 5) is 15.4. The standard InChI is InChI=1S/C14H16N2O3/c1-18-14-10(8-17)5-6-11-13(14)15-9-16(11)12-4-2-3-7-19-12/h5-6,8-9,12H,2-4,7H2,1H3. The van der Waals surface area contributed by atoms with Gasteiger partial charge in [0.1, 0.15) is 11.7 Å². The SMILES string of the molecule is COc1c(C=O)ccc2c1ncn2C1CCCCO1. The highest BCUT2D eigenvalue weighted by Gasteiger charge is 2.20. The lowest BCUT2D eigenvalue weighted by Gasteiger charge is -2.24. The average molecular weight is 260 g/mol. The van der Waals surface area contributed by atoms with Crippen LogP contribution in [0.5, 0.6) is 5.75 Å². The molecule has 1 saturated heterocycles. The normalized spacial score (nSPS) is 19.5. The fourth-order valence-corrected chi connectivity index (χ4v) is 2.57. The Morgan fingerprint density at radius 3 is 3.05 bits per heavy atom. The summed E-state index contributed by atoms with van der Waals surface area (Å²) < 4.78 is 13.1. The lowest BCUT2D eigenvalue weighted by Crippen LogP contribution is -2.17. The minimum Gasteiger partial charge on any atom is -0.494 e. The summed E-state index contributed by atoms with van der Waals surface area (Å²) >= 11 is 0.